The summed E-state index contributed by atoms with van der Waals surface area (Å²) in [6.07, 6.45) is 4.31. The van der Waals surface area contributed by atoms with E-state index in [-0.39, 0.29) is 12.3 Å². The Morgan fingerprint density at radius 1 is 1.62 bits per heavy atom. The molecule has 86 valence electrons. The average molecular weight is 220 g/mol. The highest BCUT2D eigenvalue weighted by atomic mass is 16.4. The molecular weight excluding hydrogens is 204 g/mol. The van der Waals surface area contributed by atoms with Crippen LogP contribution >= 0.6 is 0 Å². The Hall–Kier alpha value is -1.71. The number of carbonyl (C=O) groups is 1. The molecule has 4 heteroatoms. The van der Waals surface area contributed by atoms with Crippen LogP contribution in [0.1, 0.15) is 25.5 Å². The highest BCUT2D eigenvalue weighted by molar-refractivity contribution is 5.76. The lowest BCUT2D eigenvalue weighted by atomic mass is 10.1. The SMILES string of the molecule is CC(CCC(=O)O)CN=Cc1ccccn1. The molecule has 0 amide bonds. The number of carboxylic acids is 1. The fourth-order valence-electron chi connectivity index (χ4n) is 1.24. The van der Waals surface area contributed by atoms with Crippen molar-refractivity contribution in [3.05, 3.63) is 30.1 Å². The molecule has 0 aliphatic heterocycles. The van der Waals surface area contributed by atoms with E-state index in [1.54, 1.807) is 12.4 Å². The van der Waals surface area contributed by atoms with Crippen molar-refractivity contribution in [2.24, 2.45) is 10.9 Å². The van der Waals surface area contributed by atoms with Gasteiger partial charge in [0.2, 0.25) is 0 Å². The fourth-order valence-corrected chi connectivity index (χ4v) is 1.24. The van der Waals surface area contributed by atoms with Crippen LogP contribution in [0.15, 0.2) is 29.4 Å². The number of aliphatic carboxylic acids is 1. The van der Waals surface area contributed by atoms with Gasteiger partial charge >= 0.3 is 5.97 Å². The van der Waals surface area contributed by atoms with Crippen molar-refractivity contribution in [3.63, 3.8) is 0 Å². The van der Waals surface area contributed by atoms with Crippen LogP contribution in [-0.2, 0) is 4.79 Å². The van der Waals surface area contributed by atoms with E-state index in [2.05, 4.69) is 9.98 Å². The van der Waals surface area contributed by atoms with E-state index >= 15 is 0 Å². The van der Waals surface area contributed by atoms with Crippen molar-refractivity contribution in [1.29, 1.82) is 0 Å². The summed E-state index contributed by atoms with van der Waals surface area (Å²) in [6.45, 7) is 2.64. The molecule has 1 heterocycles. The van der Waals surface area contributed by atoms with E-state index in [4.69, 9.17) is 5.11 Å². The summed E-state index contributed by atoms with van der Waals surface area (Å²) in [6, 6.07) is 5.64. The molecule has 0 saturated carbocycles. The molecular formula is C12H16N2O2. The molecule has 0 bridgehead atoms. The standard InChI is InChI=1S/C12H16N2O2/c1-10(5-6-12(15)16)8-13-9-11-4-2-3-7-14-11/h2-4,7,9-10H,5-6,8H2,1H3,(H,15,16). The smallest absolute Gasteiger partial charge is 0.303 e. The summed E-state index contributed by atoms with van der Waals surface area (Å²) in [5.41, 5.74) is 0.827. The van der Waals surface area contributed by atoms with Crippen LogP contribution in [-0.4, -0.2) is 28.8 Å². The van der Waals surface area contributed by atoms with Crippen molar-refractivity contribution in [2.75, 3.05) is 6.54 Å². The zero-order valence-corrected chi connectivity index (χ0v) is 9.34. The minimum Gasteiger partial charge on any atom is -0.481 e. The normalized spacial score (nSPS) is 12.8. The highest BCUT2D eigenvalue weighted by Gasteiger charge is 2.03. The van der Waals surface area contributed by atoms with Gasteiger partial charge in [-0.15, -0.1) is 0 Å². The molecule has 1 N–H and O–H groups in total. The van der Waals surface area contributed by atoms with Crippen molar-refractivity contribution in [3.8, 4) is 0 Å². The Balaban J connectivity index is 2.28. The predicted molar refractivity (Wildman–Crippen MR) is 62.7 cm³/mol. The number of nitrogens with zero attached hydrogens (tertiary/aromatic N) is 2. The minimum atomic E-state index is -0.749. The number of aromatic nitrogens is 1. The second-order valence-corrected chi connectivity index (χ2v) is 3.79. The van der Waals surface area contributed by atoms with Crippen LogP contribution in [0.5, 0.6) is 0 Å². The molecule has 1 rings (SSSR count). The van der Waals surface area contributed by atoms with Gasteiger partial charge in [0.15, 0.2) is 0 Å². The lowest BCUT2D eigenvalue weighted by Gasteiger charge is -2.04. The number of hydrogen-bond donors (Lipinski definition) is 1. The molecule has 0 saturated heterocycles. The molecule has 0 aliphatic carbocycles. The van der Waals surface area contributed by atoms with Crippen molar-refractivity contribution < 1.29 is 9.90 Å². The third kappa shape index (κ3) is 5.24. The number of carboxylic acid groups (broad SMARTS) is 1. The fraction of sp³-hybridized carbons (Fsp3) is 0.417. The van der Waals surface area contributed by atoms with Gasteiger partial charge in [-0.05, 0) is 24.5 Å². The molecule has 0 spiro atoms. The van der Waals surface area contributed by atoms with Gasteiger partial charge in [-0.3, -0.25) is 14.8 Å². The van der Waals surface area contributed by atoms with E-state index in [0.29, 0.717) is 13.0 Å². The Bertz CT molecular complexity index is 349. The Labute approximate surface area is 95.1 Å². The summed E-state index contributed by atoms with van der Waals surface area (Å²) in [4.78, 5) is 18.7. The summed E-state index contributed by atoms with van der Waals surface area (Å²) < 4.78 is 0. The summed E-state index contributed by atoms with van der Waals surface area (Å²) in [5.74, 6) is -0.461. The van der Waals surface area contributed by atoms with Crippen molar-refractivity contribution in [2.45, 2.75) is 19.8 Å². The van der Waals surface area contributed by atoms with Crippen LogP contribution in [0.4, 0.5) is 0 Å². The number of rotatable bonds is 6. The lowest BCUT2D eigenvalue weighted by Crippen LogP contribution is -2.04. The molecule has 4 nitrogen and oxygen atoms in total. The molecule has 0 aromatic carbocycles. The van der Waals surface area contributed by atoms with Gasteiger partial charge in [-0.25, -0.2) is 0 Å². The zero-order chi connectivity index (χ0) is 11.8. The predicted octanol–water partition coefficient (Wildman–Crippen LogP) is 2.00. The van der Waals surface area contributed by atoms with Gasteiger partial charge in [-0.1, -0.05) is 13.0 Å². The largest absolute Gasteiger partial charge is 0.481 e. The Morgan fingerprint density at radius 3 is 3.06 bits per heavy atom. The van der Waals surface area contributed by atoms with Crippen molar-refractivity contribution >= 4 is 12.2 Å². The topological polar surface area (TPSA) is 62.5 Å². The van der Waals surface area contributed by atoms with Gasteiger partial charge in [0.1, 0.15) is 0 Å². The molecule has 1 aromatic rings. The molecule has 0 radical (unpaired) electrons. The van der Waals surface area contributed by atoms with E-state index in [1.807, 2.05) is 25.1 Å². The first-order chi connectivity index (χ1) is 7.68. The van der Waals surface area contributed by atoms with Crippen LogP contribution in [0.2, 0.25) is 0 Å². The highest BCUT2D eigenvalue weighted by Crippen LogP contribution is 2.05. The van der Waals surface area contributed by atoms with Gasteiger partial charge < -0.3 is 5.11 Å². The molecule has 1 atom stereocenters. The van der Waals surface area contributed by atoms with Gasteiger partial charge in [-0.2, -0.15) is 0 Å². The van der Waals surface area contributed by atoms with Crippen LogP contribution in [0, 0.1) is 5.92 Å². The van der Waals surface area contributed by atoms with Gasteiger partial charge in [0.05, 0.1) is 5.69 Å². The average Bonchev–Trinajstić information content (AvgIpc) is 2.28. The zero-order valence-electron chi connectivity index (χ0n) is 9.34. The third-order valence-corrected chi connectivity index (χ3v) is 2.18. The van der Waals surface area contributed by atoms with E-state index in [1.165, 1.54) is 0 Å². The Morgan fingerprint density at radius 2 is 2.44 bits per heavy atom. The maximum absolute atomic E-state index is 10.4. The first-order valence-corrected chi connectivity index (χ1v) is 5.31. The van der Waals surface area contributed by atoms with Gasteiger partial charge in [0.25, 0.3) is 0 Å². The number of hydrogen-bond acceptors (Lipinski definition) is 3. The first-order valence-electron chi connectivity index (χ1n) is 5.31. The van der Waals surface area contributed by atoms with Gasteiger partial charge in [0, 0.05) is 25.4 Å². The van der Waals surface area contributed by atoms with Crippen molar-refractivity contribution in [1.82, 2.24) is 4.98 Å². The number of pyridine rings is 1. The summed E-state index contributed by atoms with van der Waals surface area (Å²) >= 11 is 0. The summed E-state index contributed by atoms with van der Waals surface area (Å²) in [7, 11) is 0. The van der Waals surface area contributed by atoms with E-state index < -0.39 is 5.97 Å². The van der Waals surface area contributed by atoms with E-state index in [9.17, 15) is 4.79 Å². The lowest BCUT2D eigenvalue weighted by molar-refractivity contribution is -0.137. The molecule has 1 aromatic heterocycles. The van der Waals surface area contributed by atoms with Crippen LogP contribution in [0.25, 0.3) is 0 Å². The maximum atomic E-state index is 10.4. The maximum Gasteiger partial charge on any atom is 0.303 e. The van der Waals surface area contributed by atoms with Crippen LogP contribution in [0.3, 0.4) is 0 Å². The molecule has 0 aliphatic rings. The summed E-state index contributed by atoms with van der Waals surface area (Å²) in [5, 5.41) is 8.52. The van der Waals surface area contributed by atoms with Crippen LogP contribution < -0.4 is 0 Å². The second kappa shape index (κ2) is 6.71. The molecule has 1 unspecified atom stereocenters. The Kier molecular flexibility index (Phi) is 5.19. The molecule has 16 heavy (non-hydrogen) atoms. The van der Waals surface area contributed by atoms with E-state index in [0.717, 1.165) is 5.69 Å². The minimum absolute atomic E-state index is 0.209. The third-order valence-electron chi connectivity index (χ3n) is 2.18. The number of aliphatic imine (C=N–C) groups is 1. The monoisotopic (exact) mass is 220 g/mol. The quantitative estimate of drug-likeness (QED) is 0.746. The second-order valence-electron chi connectivity index (χ2n) is 3.79. The first kappa shape index (κ1) is 12.4. The molecule has 0 fully saturated rings.